The van der Waals surface area contributed by atoms with E-state index in [-0.39, 0.29) is 29.3 Å². The molecule has 3 aliphatic carbocycles. The molecule has 6 atom stereocenters. The zero-order valence-electron chi connectivity index (χ0n) is 25.8. The fourth-order valence-corrected chi connectivity index (χ4v) is 9.74. The average molecular weight is 654 g/mol. The monoisotopic (exact) mass is 653 g/mol. The fourth-order valence-electron chi connectivity index (χ4n) is 8.06. The van der Waals surface area contributed by atoms with Gasteiger partial charge in [-0.25, -0.2) is 13.7 Å². The number of benzene rings is 2. The molecular formula is C34H40ClN3O6S. The first-order valence-electron chi connectivity index (χ1n) is 15.9. The molecule has 2 spiro atoms. The van der Waals surface area contributed by atoms with Crippen LogP contribution >= 0.6 is 11.6 Å². The van der Waals surface area contributed by atoms with Gasteiger partial charge in [0.1, 0.15) is 15.7 Å². The fraction of sp³-hybridized carbons (Fsp3) is 0.529. The third-order valence-electron chi connectivity index (χ3n) is 10.4. The Morgan fingerprint density at radius 2 is 2.09 bits per heavy atom. The summed E-state index contributed by atoms with van der Waals surface area (Å²) in [7, 11) is -1.67. The van der Waals surface area contributed by atoms with Gasteiger partial charge in [-0.15, -0.1) is 4.36 Å². The van der Waals surface area contributed by atoms with Crippen LogP contribution in [-0.2, 0) is 31.2 Å². The molecule has 2 aliphatic heterocycles. The molecule has 240 valence electrons. The summed E-state index contributed by atoms with van der Waals surface area (Å²) >= 11 is 6.42. The number of carbonyl (C=O) groups excluding carboxylic acids is 2. The van der Waals surface area contributed by atoms with Crippen LogP contribution in [0.3, 0.4) is 0 Å². The number of methoxy groups -OCH3 is 1. The van der Waals surface area contributed by atoms with Gasteiger partial charge in [0.2, 0.25) is 0 Å². The van der Waals surface area contributed by atoms with E-state index in [1.54, 1.807) is 20.1 Å². The number of ether oxygens (including phenoxy) is 3. The number of halogens is 1. The number of nitrogens with one attached hydrogen (secondary N) is 1. The van der Waals surface area contributed by atoms with Crippen molar-refractivity contribution < 1.29 is 28.0 Å². The Morgan fingerprint density at radius 3 is 2.89 bits per heavy atom. The van der Waals surface area contributed by atoms with Crippen LogP contribution < -0.4 is 14.4 Å². The van der Waals surface area contributed by atoms with Crippen LogP contribution in [0.15, 0.2) is 52.9 Å². The molecule has 11 heteroatoms. The lowest BCUT2D eigenvalue weighted by atomic mass is 9.70. The van der Waals surface area contributed by atoms with Gasteiger partial charge in [0.25, 0.3) is 5.91 Å². The highest BCUT2D eigenvalue weighted by atomic mass is 35.5. The number of allylic oxidation sites excluding steroid dienone is 1. The summed E-state index contributed by atoms with van der Waals surface area (Å²) in [6, 6.07) is 11.5. The zero-order chi connectivity index (χ0) is 31.4. The zero-order valence-corrected chi connectivity index (χ0v) is 27.3. The van der Waals surface area contributed by atoms with Crippen LogP contribution in [0.4, 0.5) is 10.5 Å². The summed E-state index contributed by atoms with van der Waals surface area (Å²) < 4.78 is 37.9. The molecule has 2 amide bonds. The Kier molecular flexibility index (Phi) is 7.89. The molecule has 2 bridgehead atoms. The Morgan fingerprint density at radius 1 is 1.22 bits per heavy atom. The number of amides is 2. The minimum absolute atomic E-state index is 0.00882. The second kappa shape index (κ2) is 11.6. The molecule has 1 N–H and O–H groups in total. The summed E-state index contributed by atoms with van der Waals surface area (Å²) in [5, 5.41) is 0.744. The Hall–Kier alpha value is -3.08. The van der Waals surface area contributed by atoms with E-state index in [0.29, 0.717) is 42.6 Å². The van der Waals surface area contributed by atoms with Crippen molar-refractivity contribution in [2.24, 2.45) is 21.6 Å². The van der Waals surface area contributed by atoms with Crippen LogP contribution in [0.2, 0.25) is 5.02 Å². The smallest absolute Gasteiger partial charge is 0.419 e. The Labute approximate surface area is 269 Å². The van der Waals surface area contributed by atoms with Gasteiger partial charge in [-0.1, -0.05) is 29.8 Å². The first-order chi connectivity index (χ1) is 21.7. The standard InChI is InChI=1S/C34H40ClN3O6S/c1-3-43-32(40)37-45(41)15-6-4-5-9-29(42-2)30-26-18-34(26,30)20-38-19-33(14-7-8-22-16-24(35)11-12-25(22)33)21-44-28-13-10-23(17-27(28)38)31(39)36-45/h5,9-13,16-17,26,29-30H,3-4,6-8,14-15,18-21H2,1-2H3,(H,36,37,39,40,41)/b9-5+/t26-,29+,30-,33+,34?,45?/m1/s1. The molecule has 0 saturated heterocycles. The lowest BCUT2D eigenvalue weighted by molar-refractivity contribution is 0.0964. The van der Waals surface area contributed by atoms with Crippen LogP contribution in [-0.4, -0.2) is 61.5 Å². The van der Waals surface area contributed by atoms with E-state index in [1.165, 1.54) is 11.1 Å². The Balaban J connectivity index is 1.31. The maximum Gasteiger partial charge on any atom is 0.419 e. The highest BCUT2D eigenvalue weighted by Gasteiger charge is 2.80. The average Bonchev–Trinajstić information content (AvgIpc) is 3.89. The highest BCUT2D eigenvalue weighted by molar-refractivity contribution is 7.92. The number of carbonyl (C=O) groups is 2. The number of anilines is 1. The van der Waals surface area contributed by atoms with E-state index in [2.05, 4.69) is 38.3 Å². The lowest BCUT2D eigenvalue weighted by Crippen LogP contribution is -2.47. The van der Waals surface area contributed by atoms with Gasteiger partial charge in [0.15, 0.2) is 0 Å². The number of rotatable bonds is 3. The Bertz CT molecular complexity index is 1690. The van der Waals surface area contributed by atoms with Crippen LogP contribution in [0.5, 0.6) is 5.75 Å². The summed E-state index contributed by atoms with van der Waals surface area (Å²) in [5.41, 5.74) is 3.60. The predicted octanol–water partition coefficient (Wildman–Crippen LogP) is 6.08. The molecule has 2 fully saturated rings. The van der Waals surface area contributed by atoms with Crippen molar-refractivity contribution in [1.82, 2.24) is 4.72 Å². The van der Waals surface area contributed by atoms with Crippen molar-refractivity contribution in [2.75, 3.05) is 44.1 Å². The van der Waals surface area contributed by atoms with Gasteiger partial charge in [-0.2, -0.15) is 0 Å². The van der Waals surface area contributed by atoms with E-state index < -0.39 is 21.9 Å². The summed E-state index contributed by atoms with van der Waals surface area (Å²) in [5.74, 6) is 1.09. The normalized spacial score (nSPS) is 34.2. The molecule has 7 rings (SSSR count). The second-order valence-electron chi connectivity index (χ2n) is 13.2. The first kappa shape index (κ1) is 30.6. The highest BCUT2D eigenvalue weighted by Crippen LogP contribution is 2.81. The van der Waals surface area contributed by atoms with E-state index >= 15 is 0 Å². The molecule has 0 aromatic heterocycles. The van der Waals surface area contributed by atoms with Crippen LogP contribution in [0.1, 0.15) is 60.5 Å². The molecule has 0 radical (unpaired) electrons. The SMILES string of the molecule is CCOC(=O)NS1(=O)=NC(=O)c2ccc3c(c2)N(CC24C[C@@H]2[C@@H]4[C@@H](OC)/C=C/CCC1)C[C@@]1(CCCc2cc(Cl)ccc21)CO3. The summed E-state index contributed by atoms with van der Waals surface area (Å²) in [4.78, 5) is 28.3. The first-order valence-corrected chi connectivity index (χ1v) is 18.0. The van der Waals surface area contributed by atoms with Gasteiger partial charge < -0.3 is 19.1 Å². The molecule has 5 aliphatic rings. The van der Waals surface area contributed by atoms with E-state index in [9.17, 15) is 13.8 Å². The van der Waals surface area contributed by atoms with Crippen molar-refractivity contribution >= 4 is 39.2 Å². The third kappa shape index (κ3) is 5.63. The summed E-state index contributed by atoms with van der Waals surface area (Å²) in [6.45, 7) is 3.85. The van der Waals surface area contributed by atoms with Gasteiger partial charge in [-0.3, -0.25) is 4.79 Å². The van der Waals surface area contributed by atoms with E-state index in [4.69, 9.17) is 25.8 Å². The van der Waals surface area contributed by atoms with Gasteiger partial charge in [0.05, 0.1) is 30.8 Å². The quantitative estimate of drug-likeness (QED) is 0.400. The molecule has 2 heterocycles. The third-order valence-corrected chi connectivity index (χ3v) is 12.5. The van der Waals surface area contributed by atoms with Crippen LogP contribution in [0, 0.1) is 17.3 Å². The maximum atomic E-state index is 13.8. The van der Waals surface area contributed by atoms with Gasteiger partial charge in [-0.05, 0) is 104 Å². The van der Waals surface area contributed by atoms with Crippen molar-refractivity contribution in [2.45, 2.75) is 57.0 Å². The number of fused-ring (bicyclic) bond motifs is 4. The molecule has 2 saturated carbocycles. The number of aryl methyl sites for hydroxylation is 1. The minimum Gasteiger partial charge on any atom is -0.490 e. The van der Waals surface area contributed by atoms with E-state index in [0.717, 1.165) is 49.5 Å². The predicted molar refractivity (Wildman–Crippen MR) is 173 cm³/mol. The number of nitrogens with zero attached hydrogens (tertiary/aromatic N) is 2. The largest absolute Gasteiger partial charge is 0.490 e. The second-order valence-corrected chi connectivity index (χ2v) is 15.7. The molecule has 2 aromatic carbocycles. The van der Waals surface area contributed by atoms with Crippen molar-refractivity contribution in [3.05, 3.63) is 70.3 Å². The minimum atomic E-state index is -3.43. The maximum absolute atomic E-state index is 13.8. The van der Waals surface area contributed by atoms with Gasteiger partial charge >= 0.3 is 6.09 Å². The van der Waals surface area contributed by atoms with Crippen molar-refractivity contribution in [1.29, 1.82) is 0 Å². The number of hydrogen-bond acceptors (Lipinski definition) is 7. The van der Waals surface area contributed by atoms with Crippen molar-refractivity contribution in [3.63, 3.8) is 0 Å². The van der Waals surface area contributed by atoms with Gasteiger partial charge in [0, 0.05) is 36.2 Å². The molecule has 2 aromatic rings. The molecule has 2 unspecified atom stereocenters. The van der Waals surface area contributed by atoms with Crippen LogP contribution in [0.25, 0.3) is 0 Å². The lowest BCUT2D eigenvalue weighted by Gasteiger charge is -2.41. The molecular weight excluding hydrogens is 614 g/mol. The van der Waals surface area contributed by atoms with Crippen molar-refractivity contribution in [3.8, 4) is 5.75 Å². The molecule has 45 heavy (non-hydrogen) atoms. The molecule has 9 nitrogen and oxygen atoms in total. The topological polar surface area (TPSA) is 107 Å². The van der Waals surface area contributed by atoms with E-state index in [1.807, 2.05) is 18.2 Å². The number of hydrogen-bond donors (Lipinski definition) is 1. The summed E-state index contributed by atoms with van der Waals surface area (Å²) in [6.07, 6.45) is 8.56.